The molecular weight excluding hydrogens is 378 g/mol. The molecule has 4 heterocycles. The van der Waals surface area contributed by atoms with E-state index in [9.17, 15) is 4.79 Å². The molecule has 0 aliphatic carbocycles. The van der Waals surface area contributed by atoms with Gasteiger partial charge in [0, 0.05) is 44.5 Å². The second-order valence-corrected chi connectivity index (χ2v) is 8.67. The molecule has 2 fully saturated rings. The Kier molecular flexibility index (Phi) is 5.52. The van der Waals surface area contributed by atoms with Crippen LogP contribution in [0.3, 0.4) is 0 Å². The van der Waals surface area contributed by atoms with Crippen molar-refractivity contribution in [3.05, 3.63) is 47.8 Å². The Bertz CT molecular complexity index is 888. The molecule has 1 spiro atoms. The molecule has 1 aromatic heterocycles. The van der Waals surface area contributed by atoms with E-state index in [1.165, 1.54) is 5.56 Å². The normalized spacial score (nSPS) is 21.4. The van der Waals surface area contributed by atoms with Crippen LogP contribution in [-0.4, -0.2) is 53.7 Å². The van der Waals surface area contributed by atoms with E-state index in [-0.39, 0.29) is 5.91 Å². The molecule has 5 rings (SSSR count). The van der Waals surface area contributed by atoms with E-state index in [0.717, 1.165) is 75.5 Å². The highest BCUT2D eigenvalue weighted by Crippen LogP contribution is 2.41. The highest BCUT2D eigenvalue weighted by atomic mass is 16.5. The Morgan fingerprint density at radius 1 is 1.10 bits per heavy atom. The van der Waals surface area contributed by atoms with Crippen LogP contribution in [0.4, 0.5) is 0 Å². The summed E-state index contributed by atoms with van der Waals surface area (Å²) < 4.78 is 11.8. The molecule has 0 unspecified atom stereocenters. The third-order valence-corrected chi connectivity index (χ3v) is 6.81. The molecule has 1 amide bonds. The summed E-state index contributed by atoms with van der Waals surface area (Å²) in [6, 6.07) is 10.1. The minimum Gasteiger partial charge on any atom is -0.381 e. The van der Waals surface area contributed by atoms with Gasteiger partial charge in [0.2, 0.25) is 5.91 Å². The Labute approximate surface area is 177 Å². The number of ether oxygens (including phenoxy) is 2. The number of benzene rings is 1. The van der Waals surface area contributed by atoms with Crippen molar-refractivity contribution >= 4 is 5.91 Å². The van der Waals surface area contributed by atoms with Gasteiger partial charge in [0.15, 0.2) is 5.82 Å². The van der Waals surface area contributed by atoms with Crippen LogP contribution in [0.5, 0.6) is 0 Å². The van der Waals surface area contributed by atoms with Crippen molar-refractivity contribution in [1.82, 2.24) is 14.9 Å². The third-order valence-electron chi connectivity index (χ3n) is 6.81. The van der Waals surface area contributed by atoms with Gasteiger partial charge in [0.1, 0.15) is 5.60 Å². The number of carbonyl (C=O) groups excluding carboxylic acids is 1. The van der Waals surface area contributed by atoms with Crippen LogP contribution in [0.2, 0.25) is 0 Å². The number of amides is 1. The van der Waals surface area contributed by atoms with Gasteiger partial charge in [-0.05, 0) is 43.6 Å². The predicted molar refractivity (Wildman–Crippen MR) is 113 cm³/mol. The van der Waals surface area contributed by atoms with Crippen molar-refractivity contribution < 1.29 is 14.3 Å². The fourth-order valence-corrected chi connectivity index (χ4v) is 4.96. The molecule has 0 bridgehead atoms. The topological polar surface area (TPSA) is 64.5 Å². The molecule has 30 heavy (non-hydrogen) atoms. The van der Waals surface area contributed by atoms with Gasteiger partial charge in [-0.3, -0.25) is 4.79 Å². The van der Waals surface area contributed by atoms with Crippen molar-refractivity contribution in [2.45, 2.75) is 44.1 Å². The summed E-state index contributed by atoms with van der Waals surface area (Å²) in [6.07, 6.45) is 7.05. The SMILES string of the molecule is O=C(CC1CCOCC1)N1CCC2(CC1)OCCc1cnc(-c3ccccc3)nc12. The molecule has 6 heteroatoms. The zero-order valence-corrected chi connectivity index (χ0v) is 17.4. The van der Waals surface area contributed by atoms with Gasteiger partial charge in [-0.15, -0.1) is 0 Å². The lowest BCUT2D eigenvalue weighted by molar-refractivity contribution is -0.142. The maximum Gasteiger partial charge on any atom is 0.222 e. The Morgan fingerprint density at radius 3 is 2.63 bits per heavy atom. The Morgan fingerprint density at radius 2 is 1.87 bits per heavy atom. The zero-order valence-electron chi connectivity index (χ0n) is 17.4. The fraction of sp³-hybridized carbons (Fsp3) is 0.542. The third kappa shape index (κ3) is 3.86. The van der Waals surface area contributed by atoms with Gasteiger partial charge < -0.3 is 14.4 Å². The monoisotopic (exact) mass is 407 g/mol. The summed E-state index contributed by atoms with van der Waals surface area (Å²) >= 11 is 0. The molecular formula is C24H29N3O3. The van der Waals surface area contributed by atoms with Crippen molar-refractivity contribution in [3.63, 3.8) is 0 Å². The number of aromatic nitrogens is 2. The lowest BCUT2D eigenvalue weighted by Crippen LogP contribution is -2.49. The van der Waals surface area contributed by atoms with E-state index in [4.69, 9.17) is 14.5 Å². The first-order valence-corrected chi connectivity index (χ1v) is 11.1. The minimum atomic E-state index is -0.393. The van der Waals surface area contributed by atoms with E-state index in [0.29, 0.717) is 18.9 Å². The molecule has 0 saturated carbocycles. The van der Waals surface area contributed by atoms with Crippen LogP contribution >= 0.6 is 0 Å². The Hall–Kier alpha value is -2.31. The molecule has 6 nitrogen and oxygen atoms in total. The highest BCUT2D eigenvalue weighted by molar-refractivity contribution is 5.76. The number of rotatable bonds is 3. The zero-order chi connectivity index (χ0) is 20.4. The van der Waals surface area contributed by atoms with Gasteiger partial charge in [0.05, 0.1) is 12.3 Å². The van der Waals surface area contributed by atoms with Crippen molar-refractivity contribution in [3.8, 4) is 11.4 Å². The van der Waals surface area contributed by atoms with Gasteiger partial charge in [-0.1, -0.05) is 30.3 Å². The minimum absolute atomic E-state index is 0.278. The predicted octanol–water partition coefficient (Wildman–Crippen LogP) is 3.35. The lowest BCUT2D eigenvalue weighted by Gasteiger charge is -2.44. The van der Waals surface area contributed by atoms with Crippen LogP contribution in [0.25, 0.3) is 11.4 Å². The number of carbonyl (C=O) groups is 1. The van der Waals surface area contributed by atoms with Crippen LogP contribution in [0.1, 0.15) is 43.4 Å². The van der Waals surface area contributed by atoms with E-state index in [2.05, 4.69) is 4.98 Å². The van der Waals surface area contributed by atoms with Crippen molar-refractivity contribution in [2.24, 2.45) is 5.92 Å². The van der Waals surface area contributed by atoms with E-state index < -0.39 is 5.60 Å². The molecule has 0 radical (unpaired) electrons. The summed E-state index contributed by atoms with van der Waals surface area (Å²) in [5.41, 5.74) is 2.84. The van der Waals surface area contributed by atoms with E-state index >= 15 is 0 Å². The molecule has 2 saturated heterocycles. The summed E-state index contributed by atoms with van der Waals surface area (Å²) in [4.78, 5) is 24.4. The van der Waals surface area contributed by atoms with Gasteiger partial charge in [-0.25, -0.2) is 9.97 Å². The van der Waals surface area contributed by atoms with Crippen molar-refractivity contribution in [2.75, 3.05) is 32.9 Å². The molecule has 0 N–H and O–H groups in total. The lowest BCUT2D eigenvalue weighted by atomic mass is 9.83. The molecule has 0 atom stereocenters. The number of hydrogen-bond donors (Lipinski definition) is 0. The molecule has 3 aliphatic rings. The van der Waals surface area contributed by atoms with Gasteiger partial charge in [0.25, 0.3) is 0 Å². The second-order valence-electron chi connectivity index (χ2n) is 8.67. The van der Waals surface area contributed by atoms with Gasteiger partial charge >= 0.3 is 0 Å². The van der Waals surface area contributed by atoms with E-state index in [1.807, 2.05) is 41.4 Å². The number of hydrogen-bond acceptors (Lipinski definition) is 5. The van der Waals surface area contributed by atoms with Crippen LogP contribution in [0, 0.1) is 5.92 Å². The number of piperidine rings is 1. The summed E-state index contributed by atoms with van der Waals surface area (Å²) in [7, 11) is 0. The summed E-state index contributed by atoms with van der Waals surface area (Å²) in [5.74, 6) is 1.49. The van der Waals surface area contributed by atoms with Crippen LogP contribution in [-0.2, 0) is 26.3 Å². The number of nitrogens with zero attached hydrogens (tertiary/aromatic N) is 3. The second kappa shape index (κ2) is 8.44. The average molecular weight is 408 g/mol. The maximum absolute atomic E-state index is 12.8. The molecule has 2 aromatic rings. The maximum atomic E-state index is 12.8. The first-order chi connectivity index (χ1) is 14.7. The summed E-state index contributed by atoms with van der Waals surface area (Å²) in [5, 5.41) is 0. The van der Waals surface area contributed by atoms with Crippen LogP contribution in [0.15, 0.2) is 36.5 Å². The average Bonchev–Trinajstić information content (AvgIpc) is 2.81. The smallest absolute Gasteiger partial charge is 0.222 e. The van der Waals surface area contributed by atoms with E-state index in [1.54, 1.807) is 0 Å². The first-order valence-electron chi connectivity index (χ1n) is 11.1. The number of fused-ring (bicyclic) bond motifs is 2. The fourth-order valence-electron chi connectivity index (χ4n) is 4.96. The largest absolute Gasteiger partial charge is 0.381 e. The number of likely N-dealkylation sites (tertiary alicyclic amines) is 1. The van der Waals surface area contributed by atoms with Crippen molar-refractivity contribution in [1.29, 1.82) is 0 Å². The summed E-state index contributed by atoms with van der Waals surface area (Å²) in [6.45, 7) is 3.72. The quantitative estimate of drug-likeness (QED) is 0.781. The molecule has 158 valence electrons. The van der Waals surface area contributed by atoms with Crippen LogP contribution < -0.4 is 0 Å². The Balaban J connectivity index is 1.31. The first kappa shape index (κ1) is 19.6. The molecule has 1 aromatic carbocycles. The highest BCUT2D eigenvalue weighted by Gasteiger charge is 2.43. The van der Waals surface area contributed by atoms with Gasteiger partial charge in [-0.2, -0.15) is 0 Å². The molecule has 3 aliphatic heterocycles. The standard InChI is InChI=1S/C24H29N3O3/c28-21(16-18-6-13-29-14-7-18)27-11-9-24(10-12-27)22-20(8-15-30-24)17-25-23(26-22)19-4-2-1-3-5-19/h1-5,17-18H,6-16H2.